The summed E-state index contributed by atoms with van der Waals surface area (Å²) in [6.07, 6.45) is 2.40. The summed E-state index contributed by atoms with van der Waals surface area (Å²) in [4.78, 5) is 40.4. The number of nitrogens with zero attached hydrogens (tertiary/aromatic N) is 3. The van der Waals surface area contributed by atoms with Crippen LogP contribution in [-0.4, -0.2) is 103 Å². The molecule has 1 atom stereocenters. The quantitative estimate of drug-likeness (QED) is 0.637. The lowest BCUT2D eigenvalue weighted by atomic mass is 9.49. The third-order valence-corrected chi connectivity index (χ3v) is 8.32. The first-order chi connectivity index (χ1) is 15.7. The Morgan fingerprint density at radius 2 is 1.44 bits per heavy atom. The molecule has 2 heterocycles. The van der Waals surface area contributed by atoms with Crippen molar-refractivity contribution < 1.29 is 37.4 Å². The fourth-order valence-electron chi connectivity index (χ4n) is 7.24. The third-order valence-electron chi connectivity index (χ3n) is 8.32. The molecule has 2 amide bonds. The molecule has 4 aliphatic carbocycles. The zero-order chi connectivity index (χ0) is 25.1. The van der Waals surface area contributed by atoms with Crippen LogP contribution < -0.4 is 0 Å². The van der Waals surface area contributed by atoms with Crippen LogP contribution in [0.4, 0.5) is 13.2 Å². The van der Waals surface area contributed by atoms with Gasteiger partial charge in [0.25, 0.3) is 0 Å². The number of carbonyl (C=O) groups is 3. The molecule has 2 saturated heterocycles. The van der Waals surface area contributed by atoms with Crippen LogP contribution >= 0.6 is 0 Å². The lowest BCUT2D eigenvalue weighted by Gasteiger charge is -2.60. The number of carbonyl (C=O) groups excluding carboxylic acids is 2. The van der Waals surface area contributed by atoms with Crippen LogP contribution in [-0.2, 0) is 19.1 Å². The normalized spacial score (nSPS) is 35.9. The molecule has 34 heavy (non-hydrogen) atoms. The molecule has 6 aliphatic rings. The van der Waals surface area contributed by atoms with Crippen LogP contribution in [0.15, 0.2) is 0 Å². The van der Waals surface area contributed by atoms with Gasteiger partial charge in [-0.3, -0.25) is 14.5 Å². The number of halogens is 3. The molecule has 4 bridgehead atoms. The summed E-state index contributed by atoms with van der Waals surface area (Å²) in [7, 11) is 5.57. The van der Waals surface area contributed by atoms with Crippen LogP contribution in [0.25, 0.3) is 0 Å². The van der Waals surface area contributed by atoms with Gasteiger partial charge in [0.05, 0.1) is 25.1 Å². The van der Waals surface area contributed by atoms with E-state index < -0.39 is 12.1 Å². The second kappa shape index (κ2) is 8.65. The molecule has 6 fully saturated rings. The van der Waals surface area contributed by atoms with Crippen molar-refractivity contribution in [3.63, 3.8) is 0 Å². The van der Waals surface area contributed by atoms with Gasteiger partial charge in [0.15, 0.2) is 0 Å². The van der Waals surface area contributed by atoms with Crippen LogP contribution in [0.3, 0.4) is 0 Å². The Morgan fingerprint density at radius 1 is 0.971 bits per heavy atom. The Bertz CT molecular complexity index is 805. The predicted octanol–water partition coefficient (Wildman–Crippen LogP) is 1.84. The molecular formula is C23H34F3N3O5. The number of hydrogen-bond donors (Lipinski definition) is 1. The van der Waals surface area contributed by atoms with E-state index in [1.807, 2.05) is 7.05 Å². The maximum Gasteiger partial charge on any atom is 0.490 e. The van der Waals surface area contributed by atoms with Gasteiger partial charge < -0.3 is 19.6 Å². The molecule has 0 aromatic heterocycles. The average molecular weight is 490 g/mol. The summed E-state index contributed by atoms with van der Waals surface area (Å²) in [6, 6.07) is -0.210. The molecule has 4 saturated carbocycles. The fraction of sp³-hybridized carbons (Fsp3) is 0.870. The van der Waals surface area contributed by atoms with Crippen molar-refractivity contribution in [1.29, 1.82) is 0 Å². The molecule has 0 aromatic rings. The van der Waals surface area contributed by atoms with E-state index in [0.29, 0.717) is 25.6 Å². The number of carboxylic acids is 1. The van der Waals surface area contributed by atoms with Crippen molar-refractivity contribution in [2.24, 2.45) is 23.2 Å². The Labute approximate surface area is 197 Å². The molecule has 6 rings (SSSR count). The number of rotatable bonds is 2. The van der Waals surface area contributed by atoms with E-state index in [0.717, 1.165) is 43.6 Å². The number of ether oxygens (including phenoxy) is 1. The van der Waals surface area contributed by atoms with Gasteiger partial charge in [0.2, 0.25) is 11.8 Å². The molecule has 1 unspecified atom stereocenters. The number of morpholine rings is 1. The second-order valence-electron chi connectivity index (χ2n) is 11.3. The van der Waals surface area contributed by atoms with Crippen LogP contribution in [0, 0.1) is 23.2 Å². The van der Waals surface area contributed by atoms with Gasteiger partial charge in [-0.2, -0.15) is 13.2 Å². The van der Waals surface area contributed by atoms with Gasteiger partial charge in [0.1, 0.15) is 11.6 Å². The molecule has 11 heteroatoms. The van der Waals surface area contributed by atoms with Gasteiger partial charge in [-0.25, -0.2) is 4.79 Å². The third kappa shape index (κ3) is 4.65. The molecule has 2 aliphatic heterocycles. The zero-order valence-electron chi connectivity index (χ0n) is 19.9. The minimum atomic E-state index is -5.08. The standard InChI is InChI=1S/C21H33N3O3.C2HF3O2/c1-22(2)18(25)17-10-27-21(11-23(17)3)12-24(13-21)19(26)20-7-14-4-15(8-20)6-16(5-14)9-20;3-2(4,5)1(6)7/h14-17H,4-13H2,1-3H3;(H,6,7). The monoisotopic (exact) mass is 489 g/mol. The summed E-state index contributed by atoms with van der Waals surface area (Å²) in [5, 5.41) is 7.12. The van der Waals surface area contributed by atoms with E-state index in [1.54, 1.807) is 19.0 Å². The van der Waals surface area contributed by atoms with Crippen LogP contribution in [0.5, 0.6) is 0 Å². The molecule has 0 radical (unpaired) electrons. The Balaban J connectivity index is 0.000000344. The van der Waals surface area contributed by atoms with E-state index >= 15 is 0 Å². The lowest BCUT2D eigenvalue weighted by molar-refractivity contribution is -0.212. The highest BCUT2D eigenvalue weighted by Gasteiger charge is 2.59. The van der Waals surface area contributed by atoms with Crippen molar-refractivity contribution in [3.05, 3.63) is 0 Å². The molecule has 0 aromatic carbocycles. The smallest absolute Gasteiger partial charge is 0.475 e. The highest BCUT2D eigenvalue weighted by Crippen LogP contribution is 2.61. The first-order valence-electron chi connectivity index (χ1n) is 11.9. The molecule has 1 spiro atoms. The number of likely N-dealkylation sites (tertiary alicyclic amines) is 1. The lowest BCUT2D eigenvalue weighted by Crippen LogP contribution is -2.74. The van der Waals surface area contributed by atoms with E-state index in [9.17, 15) is 22.8 Å². The minimum Gasteiger partial charge on any atom is -0.475 e. The summed E-state index contributed by atoms with van der Waals surface area (Å²) in [6.45, 7) is 2.54. The fourth-order valence-corrected chi connectivity index (χ4v) is 7.24. The first-order valence-corrected chi connectivity index (χ1v) is 11.9. The van der Waals surface area contributed by atoms with E-state index in [4.69, 9.17) is 14.6 Å². The summed E-state index contributed by atoms with van der Waals surface area (Å²) in [5.41, 5.74) is -0.323. The first kappa shape index (κ1) is 25.2. The van der Waals surface area contributed by atoms with E-state index in [-0.39, 0.29) is 23.0 Å². The van der Waals surface area contributed by atoms with Crippen molar-refractivity contribution in [3.8, 4) is 0 Å². The summed E-state index contributed by atoms with van der Waals surface area (Å²) in [5.74, 6) is 0.131. The summed E-state index contributed by atoms with van der Waals surface area (Å²) < 4.78 is 37.9. The molecular weight excluding hydrogens is 455 g/mol. The second-order valence-corrected chi connectivity index (χ2v) is 11.3. The molecule has 192 valence electrons. The van der Waals surface area contributed by atoms with Gasteiger partial charge in [-0.05, 0) is 63.3 Å². The van der Waals surface area contributed by atoms with E-state index in [2.05, 4.69) is 9.80 Å². The zero-order valence-corrected chi connectivity index (χ0v) is 19.9. The van der Waals surface area contributed by atoms with Crippen LogP contribution in [0.2, 0.25) is 0 Å². The summed E-state index contributed by atoms with van der Waals surface area (Å²) >= 11 is 0. The van der Waals surface area contributed by atoms with Crippen molar-refractivity contribution in [1.82, 2.24) is 14.7 Å². The molecule has 1 N–H and O–H groups in total. The SMILES string of the molecule is CN(C)C(=O)C1COC2(CN(C(=O)C34CC5CC(CC(C5)C3)C4)C2)CN1C.O=C(O)C(F)(F)F. The Hall–Kier alpha value is -1.88. The van der Waals surface area contributed by atoms with Crippen LogP contribution in [0.1, 0.15) is 38.5 Å². The number of amides is 2. The number of hydrogen-bond acceptors (Lipinski definition) is 5. The Morgan fingerprint density at radius 3 is 1.82 bits per heavy atom. The van der Waals surface area contributed by atoms with E-state index in [1.165, 1.54) is 19.3 Å². The van der Waals surface area contributed by atoms with Gasteiger partial charge >= 0.3 is 12.1 Å². The van der Waals surface area contributed by atoms with Gasteiger partial charge in [-0.15, -0.1) is 0 Å². The van der Waals surface area contributed by atoms with Crippen molar-refractivity contribution >= 4 is 17.8 Å². The maximum absolute atomic E-state index is 13.4. The van der Waals surface area contributed by atoms with Crippen molar-refractivity contribution in [2.75, 3.05) is 47.4 Å². The highest BCUT2D eigenvalue weighted by atomic mass is 19.4. The number of alkyl halides is 3. The predicted molar refractivity (Wildman–Crippen MR) is 115 cm³/mol. The average Bonchev–Trinajstić information content (AvgIpc) is 2.69. The topological polar surface area (TPSA) is 90.4 Å². The van der Waals surface area contributed by atoms with Crippen molar-refractivity contribution in [2.45, 2.75) is 56.3 Å². The maximum atomic E-state index is 13.4. The van der Waals surface area contributed by atoms with Gasteiger partial charge in [0, 0.05) is 20.6 Å². The van der Waals surface area contributed by atoms with Gasteiger partial charge in [-0.1, -0.05) is 0 Å². The Kier molecular flexibility index (Phi) is 6.42. The number of carboxylic acid groups (broad SMARTS) is 1. The number of likely N-dealkylation sites (N-methyl/N-ethyl adjacent to an activating group) is 2. The largest absolute Gasteiger partial charge is 0.490 e. The minimum absolute atomic E-state index is 0.0552. The number of aliphatic carboxylic acids is 1. The highest BCUT2D eigenvalue weighted by molar-refractivity contribution is 5.84. The molecule has 8 nitrogen and oxygen atoms in total.